The smallest absolute Gasteiger partial charge is 0.0723 e. The molecule has 2 N–H and O–H groups in total. The van der Waals surface area contributed by atoms with E-state index in [2.05, 4.69) is 23.7 Å². The lowest BCUT2D eigenvalue weighted by atomic mass is 10.2. The van der Waals surface area contributed by atoms with Gasteiger partial charge in [-0.1, -0.05) is 55.6 Å². The molecule has 0 amide bonds. The summed E-state index contributed by atoms with van der Waals surface area (Å²) in [5, 5.41) is 17.9. The monoisotopic (exact) mass is 258 g/mol. The predicted octanol–water partition coefficient (Wildman–Crippen LogP) is 2.60. The first kappa shape index (κ1) is 17.3. The predicted molar refractivity (Wildman–Crippen MR) is 80.2 cm³/mol. The molecule has 0 aliphatic heterocycles. The lowest BCUT2D eigenvalue weighted by Gasteiger charge is -1.99. The van der Waals surface area contributed by atoms with Crippen LogP contribution in [0.5, 0.6) is 0 Å². The summed E-state index contributed by atoms with van der Waals surface area (Å²) >= 11 is 0. The number of hydrogen-bond donors (Lipinski definition) is 2. The highest BCUT2D eigenvalue weighted by molar-refractivity contribution is 5.32. The second kappa shape index (κ2) is 14.3. The number of rotatable bonds is 7. The third kappa shape index (κ3) is 14.2. The van der Waals surface area contributed by atoms with E-state index in [0.717, 1.165) is 12.8 Å². The maximum atomic E-state index is 9.42. The first-order valence-corrected chi connectivity index (χ1v) is 6.58. The molecular weight excluding hydrogens is 236 g/mol. The summed E-state index contributed by atoms with van der Waals surface area (Å²) in [6, 6.07) is 0. The largest absolute Gasteiger partial charge is 0.396 e. The Labute approximate surface area is 116 Å². The van der Waals surface area contributed by atoms with Crippen molar-refractivity contribution in [1.82, 2.24) is 0 Å². The zero-order valence-electron chi connectivity index (χ0n) is 11.5. The molecule has 0 unspecified atom stereocenters. The van der Waals surface area contributed by atoms with E-state index in [9.17, 15) is 5.11 Å². The quantitative estimate of drug-likeness (QED) is 0.418. The second-order valence-electron chi connectivity index (χ2n) is 3.88. The van der Waals surface area contributed by atoms with E-state index in [0.29, 0.717) is 12.8 Å². The van der Waals surface area contributed by atoms with Crippen LogP contribution < -0.4 is 0 Å². The lowest BCUT2D eigenvalue weighted by Crippen LogP contribution is -1.99. The zero-order chi connectivity index (χ0) is 14.2. The fourth-order valence-corrected chi connectivity index (χ4v) is 1.17. The highest BCUT2D eigenvalue weighted by Gasteiger charge is 1.92. The van der Waals surface area contributed by atoms with E-state index in [1.54, 1.807) is 12.2 Å². The standard InChI is InChI=1S/C17H22O2/c1-2-14-17(19)15-12-10-8-6-4-3-5-7-9-11-13-16-18/h4,6,8,10,12,15,17-19H,2,11,13-14,16H2,1H3/b6-4-,10-8+,15-12+/t17-/m1/s1. The fourth-order valence-electron chi connectivity index (χ4n) is 1.17. The molecule has 1 atom stereocenters. The van der Waals surface area contributed by atoms with Crippen LogP contribution in [0.2, 0.25) is 0 Å². The van der Waals surface area contributed by atoms with Crippen molar-refractivity contribution in [2.75, 3.05) is 6.61 Å². The van der Waals surface area contributed by atoms with Crippen molar-refractivity contribution in [2.24, 2.45) is 0 Å². The Morgan fingerprint density at radius 1 is 1.11 bits per heavy atom. The van der Waals surface area contributed by atoms with Crippen LogP contribution in [-0.4, -0.2) is 22.9 Å². The number of aliphatic hydroxyl groups excluding tert-OH is 2. The van der Waals surface area contributed by atoms with Gasteiger partial charge in [-0.15, -0.1) is 0 Å². The van der Waals surface area contributed by atoms with Crippen LogP contribution in [0.25, 0.3) is 0 Å². The Kier molecular flexibility index (Phi) is 13.0. The third-order valence-electron chi connectivity index (χ3n) is 2.11. The molecule has 0 heterocycles. The van der Waals surface area contributed by atoms with Crippen LogP contribution in [0.3, 0.4) is 0 Å². The van der Waals surface area contributed by atoms with Crippen LogP contribution in [0.1, 0.15) is 32.6 Å². The second-order valence-corrected chi connectivity index (χ2v) is 3.88. The van der Waals surface area contributed by atoms with Gasteiger partial charge in [-0.2, -0.15) is 0 Å². The summed E-state index contributed by atoms with van der Waals surface area (Å²) in [7, 11) is 0. The van der Waals surface area contributed by atoms with Crippen molar-refractivity contribution in [3.05, 3.63) is 36.5 Å². The SMILES string of the molecule is CCC[C@@H](O)/C=C/C=C/C=C\C#CC#CCCCO. The number of allylic oxidation sites excluding steroid dienone is 5. The number of unbranched alkanes of at least 4 members (excludes halogenated alkanes) is 1. The van der Waals surface area contributed by atoms with Gasteiger partial charge < -0.3 is 10.2 Å². The Morgan fingerprint density at radius 3 is 2.63 bits per heavy atom. The topological polar surface area (TPSA) is 40.5 Å². The van der Waals surface area contributed by atoms with Crippen molar-refractivity contribution < 1.29 is 10.2 Å². The van der Waals surface area contributed by atoms with Crippen LogP contribution in [0.15, 0.2) is 36.5 Å². The first-order valence-electron chi connectivity index (χ1n) is 6.58. The van der Waals surface area contributed by atoms with Gasteiger partial charge in [0.1, 0.15) is 0 Å². The van der Waals surface area contributed by atoms with Gasteiger partial charge in [-0.25, -0.2) is 0 Å². The molecule has 0 saturated carbocycles. The number of aliphatic hydroxyl groups is 2. The minimum absolute atomic E-state index is 0.174. The van der Waals surface area contributed by atoms with Gasteiger partial charge in [-0.05, 0) is 30.8 Å². The molecule has 0 aromatic heterocycles. The van der Waals surface area contributed by atoms with Crippen LogP contribution in [0, 0.1) is 23.7 Å². The molecule has 0 radical (unpaired) electrons. The van der Waals surface area contributed by atoms with Gasteiger partial charge >= 0.3 is 0 Å². The van der Waals surface area contributed by atoms with Gasteiger partial charge in [0.2, 0.25) is 0 Å². The molecule has 0 aromatic rings. The average Bonchev–Trinajstić information content (AvgIpc) is 2.40. The van der Waals surface area contributed by atoms with Gasteiger partial charge in [0.15, 0.2) is 0 Å². The van der Waals surface area contributed by atoms with E-state index in [-0.39, 0.29) is 12.7 Å². The summed E-state index contributed by atoms with van der Waals surface area (Å²) in [5.41, 5.74) is 0. The highest BCUT2D eigenvalue weighted by Crippen LogP contribution is 1.97. The summed E-state index contributed by atoms with van der Waals surface area (Å²) in [6.45, 7) is 2.22. The van der Waals surface area contributed by atoms with Crippen LogP contribution in [0.4, 0.5) is 0 Å². The molecular formula is C17H22O2. The normalized spacial score (nSPS) is 12.4. The summed E-state index contributed by atoms with van der Waals surface area (Å²) in [4.78, 5) is 0. The molecule has 0 saturated heterocycles. The van der Waals surface area contributed by atoms with Crippen molar-refractivity contribution >= 4 is 0 Å². The van der Waals surface area contributed by atoms with Gasteiger partial charge in [-0.3, -0.25) is 0 Å². The molecule has 2 nitrogen and oxygen atoms in total. The summed E-state index contributed by atoms with van der Waals surface area (Å²) in [6.07, 6.45) is 13.6. The Bertz CT molecular complexity index is 408. The van der Waals surface area contributed by atoms with Crippen LogP contribution in [-0.2, 0) is 0 Å². The summed E-state index contributed by atoms with van der Waals surface area (Å²) < 4.78 is 0. The van der Waals surface area contributed by atoms with E-state index < -0.39 is 0 Å². The van der Waals surface area contributed by atoms with Crippen molar-refractivity contribution in [2.45, 2.75) is 38.7 Å². The van der Waals surface area contributed by atoms with Crippen molar-refractivity contribution in [1.29, 1.82) is 0 Å². The van der Waals surface area contributed by atoms with Gasteiger partial charge in [0, 0.05) is 13.0 Å². The maximum Gasteiger partial charge on any atom is 0.0723 e. The minimum Gasteiger partial charge on any atom is -0.396 e. The van der Waals surface area contributed by atoms with Crippen LogP contribution >= 0.6 is 0 Å². The first-order chi connectivity index (χ1) is 9.31. The maximum absolute atomic E-state index is 9.42. The molecule has 19 heavy (non-hydrogen) atoms. The number of hydrogen-bond acceptors (Lipinski definition) is 2. The fraction of sp³-hybridized carbons (Fsp3) is 0.412. The molecule has 0 rings (SSSR count). The Hall–Kier alpha value is -1.74. The Morgan fingerprint density at radius 2 is 1.89 bits per heavy atom. The molecule has 0 bridgehead atoms. The highest BCUT2D eigenvalue weighted by atomic mass is 16.3. The van der Waals surface area contributed by atoms with E-state index >= 15 is 0 Å². The molecule has 0 spiro atoms. The van der Waals surface area contributed by atoms with Crippen molar-refractivity contribution in [3.63, 3.8) is 0 Å². The zero-order valence-corrected chi connectivity index (χ0v) is 11.5. The Balaban J connectivity index is 3.83. The van der Waals surface area contributed by atoms with E-state index in [1.165, 1.54) is 0 Å². The minimum atomic E-state index is -0.354. The molecule has 0 aliphatic carbocycles. The molecule has 0 aliphatic rings. The summed E-state index contributed by atoms with van der Waals surface area (Å²) in [5.74, 6) is 11.0. The van der Waals surface area contributed by atoms with Crippen molar-refractivity contribution in [3.8, 4) is 23.7 Å². The third-order valence-corrected chi connectivity index (χ3v) is 2.11. The molecule has 102 valence electrons. The van der Waals surface area contributed by atoms with E-state index in [4.69, 9.17) is 5.11 Å². The van der Waals surface area contributed by atoms with Gasteiger partial charge in [0.05, 0.1) is 6.10 Å². The average molecular weight is 258 g/mol. The lowest BCUT2D eigenvalue weighted by molar-refractivity contribution is 0.211. The molecule has 0 fully saturated rings. The molecule has 2 heteroatoms. The molecule has 0 aromatic carbocycles. The van der Waals surface area contributed by atoms with E-state index in [1.807, 2.05) is 31.2 Å². The van der Waals surface area contributed by atoms with Gasteiger partial charge in [0.25, 0.3) is 0 Å².